The van der Waals surface area contributed by atoms with Crippen LogP contribution in [0.4, 0.5) is 5.69 Å². The minimum Gasteiger partial charge on any atom is -0.497 e. The molecule has 0 unspecified atom stereocenters. The number of ether oxygens (including phenoxy) is 5. The van der Waals surface area contributed by atoms with Crippen LogP contribution in [0.3, 0.4) is 0 Å². The molecule has 0 bridgehead atoms. The van der Waals surface area contributed by atoms with Gasteiger partial charge in [0.2, 0.25) is 0 Å². The molecule has 1 amide bonds. The number of nitrogens with one attached hydrogen (secondary N) is 1. The van der Waals surface area contributed by atoms with Crippen LogP contribution >= 0.6 is 11.6 Å². The van der Waals surface area contributed by atoms with E-state index in [-0.39, 0.29) is 5.02 Å². The Hall–Kier alpha value is -5.14. The number of anilines is 1. The van der Waals surface area contributed by atoms with Crippen molar-refractivity contribution < 1.29 is 28.5 Å². The number of hydrogen-bond donors (Lipinski definition) is 1. The van der Waals surface area contributed by atoms with Crippen molar-refractivity contribution in [1.29, 1.82) is 0 Å². The third-order valence-corrected chi connectivity index (χ3v) is 8.09. The highest BCUT2D eigenvalue weighted by Gasteiger charge is 2.39. The zero-order chi connectivity index (χ0) is 30.8. The normalized spacial score (nSPS) is 13.0. The molecule has 0 saturated heterocycles. The highest BCUT2D eigenvalue weighted by molar-refractivity contribution is 6.34. The van der Waals surface area contributed by atoms with E-state index in [1.807, 2.05) is 91.0 Å². The van der Waals surface area contributed by atoms with Crippen molar-refractivity contribution in [3.8, 4) is 28.7 Å². The van der Waals surface area contributed by atoms with Crippen LogP contribution in [0.15, 0.2) is 97.1 Å². The van der Waals surface area contributed by atoms with Gasteiger partial charge >= 0.3 is 0 Å². The molecule has 0 fully saturated rings. The smallest absolute Gasteiger partial charge is 0.259 e. The lowest BCUT2D eigenvalue weighted by Crippen LogP contribution is -2.35. The van der Waals surface area contributed by atoms with E-state index in [1.54, 1.807) is 26.4 Å². The maximum Gasteiger partial charge on any atom is 0.259 e. The van der Waals surface area contributed by atoms with Crippen LogP contribution in [0.1, 0.15) is 27.0 Å². The summed E-state index contributed by atoms with van der Waals surface area (Å²) in [5, 5.41) is 5.07. The Bertz CT molecular complexity index is 1840. The summed E-state index contributed by atoms with van der Waals surface area (Å²) < 4.78 is 28.7. The van der Waals surface area contributed by atoms with E-state index >= 15 is 0 Å². The Balaban J connectivity index is 1.53. The fourth-order valence-corrected chi connectivity index (χ4v) is 5.74. The lowest BCUT2D eigenvalue weighted by atomic mass is 9.82. The molecule has 8 heteroatoms. The Morgan fingerprint density at radius 2 is 1.36 bits per heavy atom. The molecule has 1 heterocycles. The zero-order valence-electron chi connectivity index (χ0n) is 24.6. The molecular weight excluding hydrogens is 578 g/mol. The summed E-state index contributed by atoms with van der Waals surface area (Å²) in [6, 6.07) is 28.4. The summed E-state index contributed by atoms with van der Waals surface area (Å²) in [7, 11) is 6.29. The molecule has 0 radical (unpaired) electrons. The van der Waals surface area contributed by atoms with Gasteiger partial charge in [0.25, 0.3) is 5.91 Å². The van der Waals surface area contributed by atoms with Crippen LogP contribution in [0.25, 0.3) is 16.8 Å². The highest BCUT2D eigenvalue weighted by atomic mass is 35.5. The molecule has 5 aromatic carbocycles. The van der Waals surface area contributed by atoms with Gasteiger partial charge in [0, 0.05) is 28.8 Å². The molecule has 0 saturated carbocycles. The molecule has 44 heavy (non-hydrogen) atoms. The van der Waals surface area contributed by atoms with Gasteiger partial charge in [-0.3, -0.25) is 4.79 Å². The average Bonchev–Trinajstić information content (AvgIpc) is 3.08. The number of hydrogen-bond acceptors (Lipinski definition) is 6. The fourth-order valence-electron chi connectivity index (χ4n) is 5.49. The summed E-state index contributed by atoms with van der Waals surface area (Å²) in [5.74, 6) is 2.32. The monoisotopic (exact) mass is 607 g/mol. The Labute approximate surface area is 260 Å². The number of methoxy groups -OCH3 is 4. The number of amides is 1. The van der Waals surface area contributed by atoms with Crippen molar-refractivity contribution in [3.63, 3.8) is 0 Å². The molecule has 0 aromatic heterocycles. The lowest BCUT2D eigenvalue weighted by Gasteiger charge is -2.37. The van der Waals surface area contributed by atoms with E-state index in [9.17, 15) is 4.79 Å². The predicted molar refractivity (Wildman–Crippen MR) is 173 cm³/mol. The molecule has 222 valence electrons. The summed E-state index contributed by atoms with van der Waals surface area (Å²) >= 11 is 6.58. The molecular formula is C36H30ClNO6. The van der Waals surface area contributed by atoms with Crippen LogP contribution in [0.2, 0.25) is 5.02 Å². The van der Waals surface area contributed by atoms with Crippen LogP contribution < -0.4 is 29.0 Å². The van der Waals surface area contributed by atoms with E-state index in [0.717, 1.165) is 39.0 Å². The first kappa shape index (κ1) is 29.0. The minimum atomic E-state index is -1.07. The second-order valence-corrected chi connectivity index (χ2v) is 10.6. The summed E-state index contributed by atoms with van der Waals surface area (Å²) in [5.41, 5.74) is 2.08. The maximum atomic E-state index is 14.2. The van der Waals surface area contributed by atoms with E-state index in [2.05, 4.69) is 5.32 Å². The van der Waals surface area contributed by atoms with Crippen molar-refractivity contribution >= 4 is 40.0 Å². The van der Waals surface area contributed by atoms with Gasteiger partial charge in [-0.2, -0.15) is 0 Å². The van der Waals surface area contributed by atoms with Gasteiger partial charge in [-0.15, -0.1) is 0 Å². The van der Waals surface area contributed by atoms with E-state index in [1.165, 1.54) is 14.2 Å². The number of carbonyl (C=O) groups excluding carboxylic acids is 1. The molecule has 0 aliphatic carbocycles. The first-order chi connectivity index (χ1) is 21.4. The van der Waals surface area contributed by atoms with Gasteiger partial charge < -0.3 is 29.0 Å². The van der Waals surface area contributed by atoms with Gasteiger partial charge in [-0.25, -0.2) is 0 Å². The van der Waals surface area contributed by atoms with Gasteiger partial charge in [-0.05, 0) is 53.3 Å². The first-order valence-electron chi connectivity index (χ1n) is 13.9. The number of fused-ring (bicyclic) bond motifs is 3. The van der Waals surface area contributed by atoms with Crippen molar-refractivity contribution in [2.24, 2.45) is 0 Å². The van der Waals surface area contributed by atoms with Gasteiger partial charge in [-0.1, -0.05) is 60.1 Å². The Morgan fingerprint density at radius 3 is 1.95 bits per heavy atom. The van der Waals surface area contributed by atoms with Gasteiger partial charge in [0.1, 0.15) is 34.4 Å². The van der Waals surface area contributed by atoms with Crippen molar-refractivity contribution in [1.82, 2.24) is 0 Å². The summed E-state index contributed by atoms with van der Waals surface area (Å²) in [4.78, 5) is 14.2. The van der Waals surface area contributed by atoms with E-state index in [0.29, 0.717) is 28.5 Å². The van der Waals surface area contributed by atoms with Crippen molar-refractivity contribution in [3.05, 3.63) is 124 Å². The zero-order valence-corrected chi connectivity index (χ0v) is 25.4. The first-order valence-corrected chi connectivity index (χ1v) is 14.2. The van der Waals surface area contributed by atoms with Crippen LogP contribution in [0, 0.1) is 0 Å². The molecule has 5 aromatic rings. The molecule has 1 aliphatic rings. The number of halogens is 1. The Kier molecular flexibility index (Phi) is 7.80. The van der Waals surface area contributed by atoms with Gasteiger partial charge in [0.15, 0.2) is 5.60 Å². The number of rotatable bonds is 8. The predicted octanol–water partition coefficient (Wildman–Crippen LogP) is 8.13. The number of benzene rings is 5. The van der Waals surface area contributed by atoms with E-state index < -0.39 is 11.5 Å². The number of carbonyl (C=O) groups is 1. The average molecular weight is 608 g/mol. The molecule has 6 rings (SSSR count). The highest BCUT2D eigenvalue weighted by Crippen LogP contribution is 2.47. The fraction of sp³-hybridized carbons (Fsp3) is 0.139. The third-order valence-electron chi connectivity index (χ3n) is 7.79. The molecule has 1 aliphatic heterocycles. The molecule has 0 atom stereocenters. The second kappa shape index (κ2) is 11.9. The molecule has 7 nitrogen and oxygen atoms in total. The second-order valence-electron chi connectivity index (χ2n) is 10.2. The largest absolute Gasteiger partial charge is 0.497 e. The summed E-state index contributed by atoms with van der Waals surface area (Å²) in [6.07, 6.45) is 4.05. The van der Waals surface area contributed by atoms with Crippen LogP contribution in [-0.2, 0) is 5.60 Å². The topological polar surface area (TPSA) is 75.3 Å². The van der Waals surface area contributed by atoms with E-state index in [4.69, 9.17) is 35.3 Å². The van der Waals surface area contributed by atoms with Gasteiger partial charge in [0.05, 0.1) is 39.0 Å². The minimum absolute atomic E-state index is 0.274. The Morgan fingerprint density at radius 1 is 0.750 bits per heavy atom. The standard InChI is InChI=1S/C36H30ClNO6/c1-40-25-13-9-23(10-14-25)36(24-11-15-26(41-2)16-12-24)18-17-29-28-8-6-5-7-22(28)19-30(34(29)44-36)35(39)38-33-31(37)20-27(42-3)21-32(33)43-4/h5-21H,1-4H3,(H,38,39). The van der Waals surface area contributed by atoms with Crippen LogP contribution in [0.5, 0.6) is 28.7 Å². The van der Waals surface area contributed by atoms with Crippen molar-refractivity contribution in [2.45, 2.75) is 5.60 Å². The SMILES string of the molecule is COc1ccc(C2(c3ccc(OC)cc3)C=Cc3c(c(C(=O)Nc4c(Cl)cc(OC)cc4OC)cc4ccccc34)O2)cc1. The van der Waals surface area contributed by atoms with Crippen molar-refractivity contribution in [2.75, 3.05) is 33.8 Å². The van der Waals surface area contributed by atoms with Crippen LogP contribution in [-0.4, -0.2) is 34.3 Å². The molecule has 1 N–H and O–H groups in total. The summed E-state index contributed by atoms with van der Waals surface area (Å²) in [6.45, 7) is 0. The lowest BCUT2D eigenvalue weighted by molar-refractivity contribution is 0.101. The quantitative estimate of drug-likeness (QED) is 0.192. The maximum absolute atomic E-state index is 14.2. The third kappa shape index (κ3) is 5.05. The molecule has 0 spiro atoms.